The number of nitrogens with one attached hydrogen (secondary N) is 2. The van der Waals surface area contributed by atoms with Crippen LogP contribution in [0.2, 0.25) is 0 Å². The first-order chi connectivity index (χ1) is 16.3. The van der Waals surface area contributed by atoms with Gasteiger partial charge in [0.05, 0.1) is 12.1 Å². The number of anilines is 2. The smallest absolute Gasteiger partial charge is 0.163 e. The summed E-state index contributed by atoms with van der Waals surface area (Å²) < 4.78 is 17.3. The van der Waals surface area contributed by atoms with Gasteiger partial charge in [-0.05, 0) is 24.3 Å². The van der Waals surface area contributed by atoms with Crippen LogP contribution < -0.4 is 20.1 Å². The lowest BCUT2D eigenvalue weighted by Gasteiger charge is -2.27. The number of terminal acetylenes is 1. The number of ether oxygens (including phenoxy) is 3. The molecule has 2 heterocycles. The fourth-order valence-electron chi connectivity index (χ4n) is 3.67. The van der Waals surface area contributed by atoms with E-state index in [2.05, 4.69) is 31.4 Å². The summed E-state index contributed by atoms with van der Waals surface area (Å²) in [5.41, 5.74) is 2.40. The maximum Gasteiger partial charge on any atom is 0.163 e. The molecule has 4 rings (SSSR count). The van der Waals surface area contributed by atoms with Crippen molar-refractivity contribution in [3.8, 4) is 23.8 Å². The Morgan fingerprint density at radius 2 is 1.88 bits per heavy atom. The minimum atomic E-state index is 0.422. The molecule has 2 N–H and O–H groups in total. The van der Waals surface area contributed by atoms with Gasteiger partial charge in [0.2, 0.25) is 0 Å². The fourth-order valence-corrected chi connectivity index (χ4v) is 3.67. The first-order valence-corrected chi connectivity index (χ1v) is 11.1. The first kappa shape index (κ1) is 22.8. The highest BCUT2D eigenvalue weighted by molar-refractivity contribution is 5.93. The standard InChI is InChI=1S/C25H29N5O3/c1-3-19-5-4-6-20(15-19)29-25-21-16-23(32-12-11-30-9-7-26-8-10-30)24(33-14-13-31-2)17-22(21)27-18-28-25/h1,4-6,15-18,26H,7-14H2,2H3,(H,27,28,29). The van der Waals surface area contributed by atoms with Crippen molar-refractivity contribution < 1.29 is 14.2 Å². The molecule has 3 aromatic rings. The van der Waals surface area contributed by atoms with Gasteiger partial charge in [-0.15, -0.1) is 6.42 Å². The van der Waals surface area contributed by atoms with Crippen LogP contribution in [0.1, 0.15) is 5.56 Å². The third kappa shape index (κ3) is 6.11. The van der Waals surface area contributed by atoms with E-state index in [9.17, 15) is 0 Å². The maximum absolute atomic E-state index is 6.18. The number of fused-ring (bicyclic) bond motifs is 1. The predicted octanol–water partition coefficient (Wildman–Crippen LogP) is 2.66. The molecule has 0 radical (unpaired) electrons. The molecule has 172 valence electrons. The van der Waals surface area contributed by atoms with Crippen LogP contribution in [-0.2, 0) is 4.74 Å². The zero-order valence-corrected chi connectivity index (χ0v) is 18.8. The van der Waals surface area contributed by atoms with Crippen LogP contribution in [-0.4, -0.2) is 74.5 Å². The molecule has 1 saturated heterocycles. The lowest BCUT2D eigenvalue weighted by atomic mass is 10.2. The zero-order chi connectivity index (χ0) is 22.9. The lowest BCUT2D eigenvalue weighted by Crippen LogP contribution is -2.44. The molecule has 2 aromatic carbocycles. The molecular weight excluding hydrogens is 418 g/mol. The van der Waals surface area contributed by atoms with Crippen LogP contribution in [0.5, 0.6) is 11.5 Å². The average Bonchev–Trinajstić information content (AvgIpc) is 2.85. The number of hydrogen-bond donors (Lipinski definition) is 2. The van der Waals surface area contributed by atoms with E-state index in [0.717, 1.165) is 54.9 Å². The average molecular weight is 448 g/mol. The molecule has 0 spiro atoms. The van der Waals surface area contributed by atoms with E-state index in [4.69, 9.17) is 20.6 Å². The molecule has 0 aliphatic carbocycles. The number of nitrogens with zero attached hydrogens (tertiary/aromatic N) is 3. The number of methoxy groups -OCH3 is 1. The van der Waals surface area contributed by atoms with E-state index in [0.29, 0.717) is 37.1 Å². The van der Waals surface area contributed by atoms with Crippen molar-refractivity contribution in [3.63, 3.8) is 0 Å². The van der Waals surface area contributed by atoms with Crippen molar-refractivity contribution in [3.05, 3.63) is 48.3 Å². The van der Waals surface area contributed by atoms with Crippen LogP contribution in [0, 0.1) is 12.3 Å². The van der Waals surface area contributed by atoms with Gasteiger partial charge < -0.3 is 24.8 Å². The quantitative estimate of drug-likeness (QED) is 0.363. The second-order valence-electron chi connectivity index (χ2n) is 7.67. The third-order valence-corrected chi connectivity index (χ3v) is 5.41. The molecule has 1 fully saturated rings. The van der Waals surface area contributed by atoms with E-state index in [1.807, 2.05) is 36.4 Å². The second kappa shape index (κ2) is 11.5. The van der Waals surface area contributed by atoms with Crippen LogP contribution in [0.3, 0.4) is 0 Å². The molecule has 1 aliphatic rings. The Labute approximate surface area is 194 Å². The van der Waals surface area contributed by atoms with Crippen LogP contribution in [0.25, 0.3) is 10.9 Å². The van der Waals surface area contributed by atoms with Gasteiger partial charge in [0.25, 0.3) is 0 Å². The summed E-state index contributed by atoms with van der Waals surface area (Å²) in [5, 5.41) is 7.55. The fraction of sp³-hybridized carbons (Fsp3) is 0.360. The number of piperazine rings is 1. The molecule has 0 amide bonds. The van der Waals surface area contributed by atoms with Gasteiger partial charge >= 0.3 is 0 Å². The van der Waals surface area contributed by atoms with Crippen molar-refractivity contribution in [2.45, 2.75) is 0 Å². The minimum absolute atomic E-state index is 0.422. The number of hydrogen-bond acceptors (Lipinski definition) is 8. The van der Waals surface area contributed by atoms with E-state index in [1.54, 1.807) is 7.11 Å². The van der Waals surface area contributed by atoms with Crippen molar-refractivity contribution in [1.82, 2.24) is 20.2 Å². The highest BCUT2D eigenvalue weighted by Gasteiger charge is 2.14. The van der Waals surface area contributed by atoms with Crippen molar-refractivity contribution in [2.24, 2.45) is 0 Å². The normalized spacial score (nSPS) is 14.1. The summed E-state index contributed by atoms with van der Waals surface area (Å²) in [4.78, 5) is 11.3. The molecule has 0 saturated carbocycles. The Hall–Kier alpha value is -3.38. The van der Waals surface area contributed by atoms with E-state index < -0.39 is 0 Å². The Kier molecular flexibility index (Phi) is 7.93. The molecule has 33 heavy (non-hydrogen) atoms. The molecule has 0 unspecified atom stereocenters. The highest BCUT2D eigenvalue weighted by atomic mass is 16.5. The van der Waals surface area contributed by atoms with Crippen molar-refractivity contribution in [2.75, 3.05) is 65.0 Å². The van der Waals surface area contributed by atoms with E-state index in [1.165, 1.54) is 6.33 Å². The monoisotopic (exact) mass is 447 g/mol. The van der Waals surface area contributed by atoms with Crippen molar-refractivity contribution in [1.29, 1.82) is 0 Å². The van der Waals surface area contributed by atoms with Crippen LogP contribution >= 0.6 is 0 Å². The highest BCUT2D eigenvalue weighted by Crippen LogP contribution is 2.35. The molecular formula is C25H29N5O3. The number of rotatable bonds is 10. The van der Waals surface area contributed by atoms with E-state index in [-0.39, 0.29) is 0 Å². The van der Waals surface area contributed by atoms with Gasteiger partial charge in [-0.25, -0.2) is 9.97 Å². The lowest BCUT2D eigenvalue weighted by molar-refractivity contribution is 0.141. The molecule has 1 aliphatic heterocycles. The molecule has 8 nitrogen and oxygen atoms in total. The van der Waals surface area contributed by atoms with Gasteiger partial charge in [0.1, 0.15) is 25.4 Å². The van der Waals surface area contributed by atoms with Crippen LogP contribution in [0.4, 0.5) is 11.5 Å². The summed E-state index contributed by atoms with van der Waals surface area (Å²) in [6.45, 7) is 6.39. The molecule has 0 bridgehead atoms. The number of benzene rings is 2. The Morgan fingerprint density at radius 3 is 2.70 bits per heavy atom. The maximum atomic E-state index is 6.18. The first-order valence-electron chi connectivity index (χ1n) is 11.1. The number of aromatic nitrogens is 2. The summed E-state index contributed by atoms with van der Waals surface area (Å²) in [5.74, 6) is 4.62. The second-order valence-corrected chi connectivity index (χ2v) is 7.67. The Bertz CT molecular complexity index is 1110. The Balaban J connectivity index is 1.58. The molecule has 0 atom stereocenters. The summed E-state index contributed by atoms with van der Waals surface area (Å²) in [7, 11) is 1.65. The molecule has 8 heteroatoms. The summed E-state index contributed by atoms with van der Waals surface area (Å²) in [6, 6.07) is 11.5. The largest absolute Gasteiger partial charge is 0.488 e. The predicted molar refractivity (Wildman–Crippen MR) is 129 cm³/mol. The van der Waals surface area contributed by atoms with Gasteiger partial charge in [-0.1, -0.05) is 12.0 Å². The zero-order valence-electron chi connectivity index (χ0n) is 18.8. The van der Waals surface area contributed by atoms with Gasteiger partial charge in [-0.2, -0.15) is 0 Å². The third-order valence-electron chi connectivity index (χ3n) is 5.41. The van der Waals surface area contributed by atoms with Gasteiger partial charge in [0, 0.05) is 62.5 Å². The summed E-state index contributed by atoms with van der Waals surface area (Å²) >= 11 is 0. The Morgan fingerprint density at radius 1 is 1.06 bits per heavy atom. The molecule has 1 aromatic heterocycles. The summed E-state index contributed by atoms with van der Waals surface area (Å²) in [6.07, 6.45) is 7.07. The SMILES string of the molecule is C#Cc1cccc(Nc2ncnc3cc(OCCOC)c(OCCN4CCNCC4)cc23)c1. The van der Waals surface area contributed by atoms with E-state index >= 15 is 0 Å². The van der Waals surface area contributed by atoms with Gasteiger partial charge in [0.15, 0.2) is 11.5 Å². The minimum Gasteiger partial charge on any atom is -0.488 e. The van der Waals surface area contributed by atoms with Gasteiger partial charge in [-0.3, -0.25) is 4.90 Å². The van der Waals surface area contributed by atoms with Crippen LogP contribution in [0.15, 0.2) is 42.7 Å². The topological polar surface area (TPSA) is 80.8 Å². The van der Waals surface area contributed by atoms with Crippen molar-refractivity contribution >= 4 is 22.4 Å².